The smallest absolute Gasteiger partial charge is 0.269 e. The molecule has 2 aliphatic heterocycles. The third kappa shape index (κ3) is 5.27. The molecule has 0 unspecified atom stereocenters. The second kappa shape index (κ2) is 11.3. The van der Waals surface area contributed by atoms with Gasteiger partial charge in [-0.15, -0.1) is 0 Å². The molecule has 9 heteroatoms. The van der Waals surface area contributed by atoms with Crippen LogP contribution in [-0.2, 0) is 22.5 Å². The summed E-state index contributed by atoms with van der Waals surface area (Å²) in [6, 6.07) is 9.95. The van der Waals surface area contributed by atoms with Gasteiger partial charge in [-0.3, -0.25) is 24.2 Å². The Labute approximate surface area is 228 Å². The molecule has 2 aromatic heterocycles. The minimum absolute atomic E-state index is 0.0802. The van der Waals surface area contributed by atoms with Gasteiger partial charge in [-0.25, -0.2) is 0 Å². The number of aliphatic imine (C=N–C) groups is 1. The lowest BCUT2D eigenvalue weighted by Gasteiger charge is -2.29. The van der Waals surface area contributed by atoms with E-state index in [1.165, 1.54) is 5.69 Å². The van der Waals surface area contributed by atoms with Crippen LogP contribution in [0.1, 0.15) is 64.2 Å². The Kier molecular flexibility index (Phi) is 7.70. The van der Waals surface area contributed by atoms with Gasteiger partial charge in [-0.05, 0) is 55.8 Å². The highest BCUT2D eigenvalue weighted by atomic mass is 16.5. The Morgan fingerprint density at radius 1 is 1.21 bits per heavy atom. The lowest BCUT2D eigenvalue weighted by atomic mass is 9.94. The first-order chi connectivity index (χ1) is 18.9. The molecule has 0 spiro atoms. The van der Waals surface area contributed by atoms with Crippen molar-refractivity contribution in [3.63, 3.8) is 0 Å². The van der Waals surface area contributed by atoms with Gasteiger partial charge in [0.25, 0.3) is 5.91 Å². The summed E-state index contributed by atoms with van der Waals surface area (Å²) in [5.74, 6) is -0.161. The molecule has 1 aromatic carbocycles. The molecule has 0 bridgehead atoms. The van der Waals surface area contributed by atoms with Crippen molar-refractivity contribution in [2.75, 3.05) is 26.8 Å². The zero-order chi connectivity index (χ0) is 27.5. The van der Waals surface area contributed by atoms with Crippen molar-refractivity contribution < 1.29 is 14.3 Å². The maximum atomic E-state index is 12.3. The molecule has 2 aliphatic rings. The monoisotopic (exact) mass is 526 g/mol. The number of benzene rings is 1. The summed E-state index contributed by atoms with van der Waals surface area (Å²) in [5, 5.41) is 7.77. The van der Waals surface area contributed by atoms with E-state index in [1.807, 2.05) is 29.2 Å². The van der Waals surface area contributed by atoms with Crippen molar-refractivity contribution >= 4 is 30.3 Å². The molecule has 9 nitrogen and oxygen atoms in total. The highest BCUT2D eigenvalue weighted by molar-refractivity contribution is 5.92. The quantitative estimate of drug-likeness (QED) is 0.488. The molecule has 1 saturated heterocycles. The Bertz CT molecular complexity index is 1430. The Hall–Kier alpha value is -4.11. The fourth-order valence-electron chi connectivity index (χ4n) is 5.40. The van der Waals surface area contributed by atoms with Crippen molar-refractivity contribution in [3.8, 4) is 11.3 Å². The van der Waals surface area contributed by atoms with Gasteiger partial charge in [0.15, 0.2) is 0 Å². The molecule has 1 fully saturated rings. The average Bonchev–Trinajstić information content (AvgIpc) is 3.35. The summed E-state index contributed by atoms with van der Waals surface area (Å²) < 4.78 is 7.82. The summed E-state index contributed by atoms with van der Waals surface area (Å²) in [4.78, 5) is 34.6. The molecule has 1 N–H and O–H groups in total. The number of carbonyl (C=O) groups is 2. The summed E-state index contributed by atoms with van der Waals surface area (Å²) in [5.41, 5.74) is 8.13. The number of nitrogens with one attached hydrogen (secondary N) is 1. The molecule has 5 rings (SSSR count). The molecule has 39 heavy (non-hydrogen) atoms. The topological polar surface area (TPSA) is 102 Å². The zero-order valence-corrected chi connectivity index (χ0v) is 22.7. The first-order valence-electron chi connectivity index (χ1n) is 13.3. The number of hydrogen-bond acceptors (Lipinski definition) is 6. The summed E-state index contributed by atoms with van der Waals surface area (Å²) in [7, 11) is 1.58. The molecule has 0 aliphatic carbocycles. The number of amides is 2. The highest BCUT2D eigenvalue weighted by Crippen LogP contribution is 2.36. The largest absolute Gasteiger partial charge is 0.381 e. The van der Waals surface area contributed by atoms with Crippen LogP contribution >= 0.6 is 0 Å². The van der Waals surface area contributed by atoms with E-state index in [-0.39, 0.29) is 11.8 Å². The van der Waals surface area contributed by atoms with Crippen molar-refractivity contribution in [1.82, 2.24) is 25.0 Å². The lowest BCUT2D eigenvalue weighted by Crippen LogP contribution is -2.35. The predicted molar refractivity (Wildman–Crippen MR) is 151 cm³/mol. The number of nitrogens with zero attached hydrogens (tertiary/aromatic N) is 5. The maximum absolute atomic E-state index is 12.3. The van der Waals surface area contributed by atoms with Crippen LogP contribution in [0, 0.1) is 6.92 Å². The van der Waals surface area contributed by atoms with Gasteiger partial charge in [-0.1, -0.05) is 18.2 Å². The van der Waals surface area contributed by atoms with E-state index in [0.717, 1.165) is 66.0 Å². The number of hydrogen-bond donors (Lipinski definition) is 1. The van der Waals surface area contributed by atoms with Gasteiger partial charge in [-0.2, -0.15) is 5.10 Å². The van der Waals surface area contributed by atoms with E-state index in [2.05, 4.69) is 39.7 Å². The Balaban J connectivity index is 1.56. The van der Waals surface area contributed by atoms with Gasteiger partial charge in [0, 0.05) is 75.3 Å². The van der Waals surface area contributed by atoms with Crippen molar-refractivity contribution in [3.05, 3.63) is 70.2 Å². The number of fused-ring (bicyclic) bond motifs is 1. The summed E-state index contributed by atoms with van der Waals surface area (Å²) in [6.07, 6.45) is 6.28. The molecule has 3 aromatic rings. The van der Waals surface area contributed by atoms with Crippen LogP contribution in [0.5, 0.6) is 0 Å². The minimum atomic E-state index is -0.242. The van der Waals surface area contributed by atoms with E-state index in [9.17, 15) is 9.59 Å². The van der Waals surface area contributed by atoms with Gasteiger partial charge in [0.2, 0.25) is 5.91 Å². The molecule has 0 saturated carbocycles. The van der Waals surface area contributed by atoms with Gasteiger partial charge >= 0.3 is 0 Å². The molecule has 4 heterocycles. The molecule has 0 atom stereocenters. The second-order valence-electron chi connectivity index (χ2n) is 9.97. The lowest BCUT2D eigenvalue weighted by molar-refractivity contribution is -0.129. The number of carbonyl (C=O) groups excluding carboxylic acids is 2. The maximum Gasteiger partial charge on any atom is 0.269 e. The van der Waals surface area contributed by atoms with Gasteiger partial charge in [0.05, 0.1) is 17.4 Å². The summed E-state index contributed by atoms with van der Waals surface area (Å²) >= 11 is 0. The molecule has 0 radical (unpaired) electrons. The molecule has 202 valence electrons. The third-order valence-electron chi connectivity index (χ3n) is 7.68. The van der Waals surface area contributed by atoms with Crippen LogP contribution in [0.4, 0.5) is 0 Å². The van der Waals surface area contributed by atoms with E-state index in [1.54, 1.807) is 26.2 Å². The van der Waals surface area contributed by atoms with E-state index in [0.29, 0.717) is 30.5 Å². The number of ether oxygens (including phenoxy) is 1. The average molecular weight is 527 g/mol. The standard InChI is InChI=1S/C30H34N6O3/c1-19-21(16-27(31-3)22-8-9-26(33-17-22)30(38)32-4)6-5-7-24(19)29-25-18-35(20(2)37)13-10-28(25)36(34-29)23-11-14-39-15-12-23/h5-9,16-17,23H,3,10-15,18H2,1-2,4H3,(H,32,38)/b27-16-. The zero-order valence-electron chi connectivity index (χ0n) is 22.7. The Morgan fingerprint density at radius 2 is 2.00 bits per heavy atom. The van der Waals surface area contributed by atoms with Crippen LogP contribution in [-0.4, -0.2) is 65.0 Å². The molecule has 2 amide bonds. The molecular weight excluding hydrogens is 492 g/mol. The minimum Gasteiger partial charge on any atom is -0.381 e. The summed E-state index contributed by atoms with van der Waals surface area (Å²) in [6.45, 7) is 10.2. The second-order valence-corrected chi connectivity index (χ2v) is 9.97. The van der Waals surface area contributed by atoms with Gasteiger partial charge < -0.3 is 15.0 Å². The van der Waals surface area contributed by atoms with E-state index in [4.69, 9.17) is 9.84 Å². The van der Waals surface area contributed by atoms with Crippen LogP contribution in [0.15, 0.2) is 41.5 Å². The number of rotatable bonds is 6. The van der Waals surface area contributed by atoms with E-state index < -0.39 is 0 Å². The predicted octanol–water partition coefficient (Wildman–Crippen LogP) is 4.07. The number of aromatic nitrogens is 3. The normalized spacial score (nSPS) is 16.1. The van der Waals surface area contributed by atoms with Crippen molar-refractivity contribution in [2.24, 2.45) is 4.99 Å². The Morgan fingerprint density at radius 3 is 2.67 bits per heavy atom. The number of pyridine rings is 1. The highest BCUT2D eigenvalue weighted by Gasteiger charge is 2.30. The van der Waals surface area contributed by atoms with Gasteiger partial charge in [0.1, 0.15) is 5.69 Å². The first kappa shape index (κ1) is 26.5. The fraction of sp³-hybridized carbons (Fsp3) is 0.367. The van der Waals surface area contributed by atoms with Crippen LogP contribution in [0.25, 0.3) is 23.0 Å². The van der Waals surface area contributed by atoms with E-state index >= 15 is 0 Å². The fourth-order valence-corrected chi connectivity index (χ4v) is 5.40. The van der Waals surface area contributed by atoms with Crippen LogP contribution < -0.4 is 5.32 Å². The SMILES string of the molecule is C=N/C(=C\c1cccc(-c2nn(C3CCOCC3)c3c2CN(C(C)=O)CC3)c1C)c1ccc(C(=O)NC)nc1. The van der Waals surface area contributed by atoms with Crippen molar-refractivity contribution in [2.45, 2.75) is 45.7 Å². The van der Waals surface area contributed by atoms with Crippen LogP contribution in [0.2, 0.25) is 0 Å². The first-order valence-corrected chi connectivity index (χ1v) is 13.3. The third-order valence-corrected chi connectivity index (χ3v) is 7.68. The van der Waals surface area contributed by atoms with Crippen LogP contribution in [0.3, 0.4) is 0 Å². The van der Waals surface area contributed by atoms with Crippen molar-refractivity contribution in [1.29, 1.82) is 0 Å². The molecular formula is C30H34N6O3.